The minimum atomic E-state index is 0.524. The summed E-state index contributed by atoms with van der Waals surface area (Å²) in [7, 11) is 2.15. The third kappa shape index (κ3) is 4.72. The van der Waals surface area contributed by atoms with Crippen molar-refractivity contribution in [2.45, 2.75) is 39.6 Å². The molecule has 6 rings (SSSR count). The standard InChI is InChI=1S/C29H31N5O2/c1-3-35-28-12-20-8-9-34(2)17-24(20)11-27(28)33-29-31-16-22-6-7-25(13-26(22)32-29)36-18-19-4-5-21-14-30-15-23(21)10-19/h4-7,10-13,16,30H,3,8-9,14-15,17-18H2,1-2H3,(H,31,32,33). The first kappa shape index (κ1) is 22.8. The molecular formula is C29H31N5O2. The smallest absolute Gasteiger partial charge is 0.227 e. The van der Waals surface area contributed by atoms with Crippen molar-refractivity contribution in [3.05, 3.63) is 82.5 Å². The third-order valence-electron chi connectivity index (χ3n) is 6.91. The zero-order valence-corrected chi connectivity index (χ0v) is 20.8. The fraction of sp³-hybridized carbons (Fsp3) is 0.310. The van der Waals surface area contributed by atoms with E-state index in [1.165, 1.54) is 27.8 Å². The molecule has 3 aromatic carbocycles. The second-order valence-electron chi connectivity index (χ2n) is 9.57. The molecule has 7 heteroatoms. The van der Waals surface area contributed by atoms with Gasteiger partial charge in [0, 0.05) is 43.8 Å². The summed E-state index contributed by atoms with van der Waals surface area (Å²) in [6.07, 6.45) is 2.87. The lowest BCUT2D eigenvalue weighted by Gasteiger charge is -2.26. The van der Waals surface area contributed by atoms with Crippen LogP contribution >= 0.6 is 0 Å². The summed E-state index contributed by atoms with van der Waals surface area (Å²) in [5, 5.41) is 7.76. The zero-order valence-electron chi connectivity index (χ0n) is 20.8. The predicted octanol–water partition coefficient (Wildman–Crippen LogP) is 4.94. The normalized spacial score (nSPS) is 14.9. The Bertz CT molecular complexity index is 1420. The van der Waals surface area contributed by atoms with Crippen LogP contribution in [-0.4, -0.2) is 35.1 Å². The number of ether oxygens (including phenoxy) is 2. The number of anilines is 2. The Morgan fingerprint density at radius 2 is 1.89 bits per heavy atom. The number of aromatic nitrogens is 2. The lowest BCUT2D eigenvalue weighted by atomic mass is 9.99. The lowest BCUT2D eigenvalue weighted by molar-refractivity contribution is 0.306. The van der Waals surface area contributed by atoms with E-state index in [2.05, 4.69) is 57.9 Å². The van der Waals surface area contributed by atoms with Crippen LogP contribution in [0.15, 0.2) is 54.7 Å². The fourth-order valence-corrected chi connectivity index (χ4v) is 4.98. The van der Waals surface area contributed by atoms with E-state index in [0.29, 0.717) is 19.2 Å². The van der Waals surface area contributed by atoms with E-state index in [0.717, 1.165) is 60.7 Å². The SMILES string of the molecule is CCOc1cc2c(cc1Nc1ncc3ccc(OCc4ccc5c(c4)CNC5)cc3n1)CN(C)CC2. The first-order chi connectivity index (χ1) is 17.6. The zero-order chi connectivity index (χ0) is 24.5. The second kappa shape index (κ2) is 9.76. The highest BCUT2D eigenvalue weighted by Crippen LogP contribution is 2.33. The quantitative estimate of drug-likeness (QED) is 0.387. The highest BCUT2D eigenvalue weighted by molar-refractivity contribution is 5.81. The predicted molar refractivity (Wildman–Crippen MR) is 142 cm³/mol. The van der Waals surface area contributed by atoms with Crippen LogP contribution in [0.4, 0.5) is 11.6 Å². The highest BCUT2D eigenvalue weighted by atomic mass is 16.5. The Morgan fingerprint density at radius 3 is 2.81 bits per heavy atom. The van der Waals surface area contributed by atoms with Crippen LogP contribution < -0.4 is 20.1 Å². The van der Waals surface area contributed by atoms with Gasteiger partial charge in [-0.25, -0.2) is 9.97 Å². The van der Waals surface area contributed by atoms with Crippen LogP contribution in [0.1, 0.15) is 34.7 Å². The van der Waals surface area contributed by atoms with Crippen molar-refractivity contribution >= 4 is 22.5 Å². The summed E-state index contributed by atoms with van der Waals surface area (Å²) in [5.74, 6) is 2.17. The molecule has 0 fully saturated rings. The summed E-state index contributed by atoms with van der Waals surface area (Å²) >= 11 is 0. The van der Waals surface area contributed by atoms with Gasteiger partial charge in [0.25, 0.3) is 0 Å². The van der Waals surface area contributed by atoms with Crippen LogP contribution in [0, 0.1) is 0 Å². The monoisotopic (exact) mass is 481 g/mol. The third-order valence-corrected chi connectivity index (χ3v) is 6.91. The molecule has 2 aliphatic heterocycles. The molecule has 0 unspecified atom stereocenters. The van der Waals surface area contributed by atoms with Crippen molar-refractivity contribution in [1.29, 1.82) is 0 Å². The summed E-state index contributed by atoms with van der Waals surface area (Å²) in [5.41, 5.74) is 8.29. The van der Waals surface area contributed by atoms with Crippen molar-refractivity contribution in [3.8, 4) is 11.5 Å². The summed E-state index contributed by atoms with van der Waals surface area (Å²) < 4.78 is 12.1. The van der Waals surface area contributed by atoms with Crippen molar-refractivity contribution in [2.24, 2.45) is 0 Å². The van der Waals surface area contributed by atoms with Gasteiger partial charge in [0.05, 0.1) is 17.8 Å². The van der Waals surface area contributed by atoms with Crippen molar-refractivity contribution in [2.75, 3.05) is 25.5 Å². The van der Waals surface area contributed by atoms with E-state index in [4.69, 9.17) is 14.5 Å². The van der Waals surface area contributed by atoms with E-state index >= 15 is 0 Å². The Kier molecular flexibility index (Phi) is 6.17. The molecule has 0 amide bonds. The van der Waals surface area contributed by atoms with Crippen LogP contribution in [0.5, 0.6) is 11.5 Å². The summed E-state index contributed by atoms with van der Waals surface area (Å²) in [6.45, 7) is 7.00. The maximum Gasteiger partial charge on any atom is 0.227 e. The molecule has 0 radical (unpaired) electrons. The van der Waals surface area contributed by atoms with Crippen LogP contribution in [-0.2, 0) is 32.7 Å². The van der Waals surface area contributed by atoms with Gasteiger partial charge in [0.2, 0.25) is 5.95 Å². The van der Waals surface area contributed by atoms with Crippen molar-refractivity contribution in [1.82, 2.24) is 20.2 Å². The number of rotatable bonds is 7. The van der Waals surface area contributed by atoms with Gasteiger partial charge in [0.15, 0.2) is 0 Å². The van der Waals surface area contributed by atoms with E-state index in [-0.39, 0.29) is 0 Å². The first-order valence-corrected chi connectivity index (χ1v) is 12.6. The minimum absolute atomic E-state index is 0.524. The molecule has 0 saturated carbocycles. The molecule has 3 heterocycles. The van der Waals surface area contributed by atoms with E-state index in [1.54, 1.807) is 0 Å². The van der Waals surface area contributed by atoms with Crippen LogP contribution in [0.25, 0.3) is 10.9 Å². The molecule has 184 valence electrons. The first-order valence-electron chi connectivity index (χ1n) is 12.6. The van der Waals surface area contributed by atoms with Gasteiger partial charge in [-0.05, 0) is 72.5 Å². The van der Waals surface area contributed by atoms with Gasteiger partial charge in [-0.1, -0.05) is 18.2 Å². The molecule has 1 aromatic heterocycles. The average molecular weight is 482 g/mol. The summed E-state index contributed by atoms with van der Waals surface area (Å²) in [6, 6.07) is 16.8. The molecule has 4 aromatic rings. The maximum atomic E-state index is 6.12. The molecule has 0 atom stereocenters. The number of nitrogens with one attached hydrogen (secondary N) is 2. The number of fused-ring (bicyclic) bond motifs is 3. The van der Waals surface area contributed by atoms with E-state index < -0.39 is 0 Å². The Morgan fingerprint density at radius 1 is 0.972 bits per heavy atom. The molecule has 7 nitrogen and oxygen atoms in total. The molecule has 0 saturated heterocycles. The maximum absolute atomic E-state index is 6.12. The van der Waals surface area contributed by atoms with Crippen molar-refractivity contribution in [3.63, 3.8) is 0 Å². The van der Waals surface area contributed by atoms with Gasteiger partial charge in [0.1, 0.15) is 18.1 Å². The van der Waals surface area contributed by atoms with Gasteiger partial charge >= 0.3 is 0 Å². The highest BCUT2D eigenvalue weighted by Gasteiger charge is 2.18. The number of nitrogens with zero attached hydrogens (tertiary/aromatic N) is 3. The minimum Gasteiger partial charge on any atom is -0.492 e. The van der Waals surface area contributed by atoms with Crippen molar-refractivity contribution < 1.29 is 9.47 Å². The van der Waals surface area contributed by atoms with E-state index in [1.807, 2.05) is 31.3 Å². The van der Waals surface area contributed by atoms with Gasteiger partial charge < -0.3 is 25.0 Å². The molecule has 2 aliphatic rings. The number of likely N-dealkylation sites (N-methyl/N-ethyl adjacent to an activating group) is 1. The molecule has 0 spiro atoms. The molecule has 0 bridgehead atoms. The Balaban J connectivity index is 1.22. The molecule has 2 N–H and O–H groups in total. The van der Waals surface area contributed by atoms with Gasteiger partial charge in [-0.3, -0.25) is 0 Å². The van der Waals surface area contributed by atoms with Crippen LogP contribution in [0.2, 0.25) is 0 Å². The average Bonchev–Trinajstić information content (AvgIpc) is 3.36. The van der Waals surface area contributed by atoms with Gasteiger partial charge in [-0.2, -0.15) is 0 Å². The summed E-state index contributed by atoms with van der Waals surface area (Å²) in [4.78, 5) is 11.7. The largest absolute Gasteiger partial charge is 0.492 e. The fourth-order valence-electron chi connectivity index (χ4n) is 4.98. The van der Waals surface area contributed by atoms with Crippen LogP contribution in [0.3, 0.4) is 0 Å². The topological polar surface area (TPSA) is 71.5 Å². The second-order valence-corrected chi connectivity index (χ2v) is 9.57. The number of hydrogen-bond donors (Lipinski definition) is 2. The molecule has 36 heavy (non-hydrogen) atoms. The lowest BCUT2D eigenvalue weighted by Crippen LogP contribution is -2.26. The van der Waals surface area contributed by atoms with Gasteiger partial charge in [-0.15, -0.1) is 0 Å². The number of hydrogen-bond acceptors (Lipinski definition) is 7. The molecule has 0 aliphatic carbocycles. The Hall–Kier alpha value is -3.68. The Labute approximate surface area is 211 Å². The van der Waals surface area contributed by atoms with E-state index in [9.17, 15) is 0 Å². The molecular weight excluding hydrogens is 450 g/mol. The number of benzene rings is 3.